The van der Waals surface area contributed by atoms with Crippen LogP contribution in [0.1, 0.15) is 12.8 Å². The van der Waals surface area contributed by atoms with E-state index in [9.17, 15) is 0 Å². The fourth-order valence-corrected chi connectivity index (χ4v) is 1.67. The maximum atomic E-state index is 5.67. The highest BCUT2D eigenvalue weighted by atomic mass is 79.9. The quantitative estimate of drug-likeness (QED) is 0.903. The molecule has 0 spiro atoms. The summed E-state index contributed by atoms with van der Waals surface area (Å²) >= 11 is 3.38. The highest BCUT2D eigenvalue weighted by Crippen LogP contribution is 2.25. The summed E-state index contributed by atoms with van der Waals surface area (Å²) in [6, 6.07) is 8.24. The molecule has 2 nitrogen and oxygen atoms in total. The zero-order valence-corrected chi connectivity index (χ0v) is 10.1. The van der Waals surface area contributed by atoms with Crippen LogP contribution in [0, 0.1) is 0 Å². The molecule has 2 N–H and O–H groups in total. The summed E-state index contributed by atoms with van der Waals surface area (Å²) in [7, 11) is 0. The molecule has 0 unspecified atom stereocenters. The van der Waals surface area contributed by atoms with Crippen molar-refractivity contribution in [1.29, 1.82) is 0 Å². The molecule has 1 saturated carbocycles. The average Bonchev–Trinajstić information content (AvgIpc) is 2.06. The van der Waals surface area contributed by atoms with Gasteiger partial charge in [0.15, 0.2) is 0 Å². The number of rotatable bonds is 2. The molecule has 1 aromatic carbocycles. The van der Waals surface area contributed by atoms with Crippen LogP contribution in [0.4, 0.5) is 0 Å². The highest BCUT2D eigenvalue weighted by Gasteiger charge is 2.27. The zero-order chi connectivity index (χ0) is 9.26. The van der Waals surface area contributed by atoms with Gasteiger partial charge in [0.2, 0.25) is 0 Å². The zero-order valence-electron chi connectivity index (χ0n) is 7.65. The normalized spacial score (nSPS) is 24.7. The maximum Gasteiger partial charge on any atom is 0.119 e. The van der Waals surface area contributed by atoms with E-state index in [1.165, 1.54) is 0 Å². The van der Waals surface area contributed by atoms with Gasteiger partial charge in [0.25, 0.3) is 0 Å². The first-order chi connectivity index (χ1) is 6.24. The van der Waals surface area contributed by atoms with Gasteiger partial charge < -0.3 is 10.5 Å². The molecule has 0 saturated heterocycles. The van der Waals surface area contributed by atoms with Gasteiger partial charge in [-0.25, -0.2) is 0 Å². The molecular weight excluding hydrogens is 265 g/mol. The Labute approximate surface area is 98.4 Å². The molecule has 1 aliphatic carbocycles. The molecule has 0 amide bonds. The van der Waals surface area contributed by atoms with Gasteiger partial charge in [-0.2, -0.15) is 0 Å². The Hall–Kier alpha value is -0.250. The van der Waals surface area contributed by atoms with Gasteiger partial charge in [-0.15, -0.1) is 12.4 Å². The molecule has 2 rings (SSSR count). The van der Waals surface area contributed by atoms with Gasteiger partial charge in [0, 0.05) is 10.5 Å². The summed E-state index contributed by atoms with van der Waals surface area (Å²) in [6.07, 6.45) is 2.29. The third-order valence-electron chi connectivity index (χ3n) is 2.25. The molecule has 0 atom stereocenters. The van der Waals surface area contributed by atoms with Crippen molar-refractivity contribution in [1.82, 2.24) is 0 Å². The van der Waals surface area contributed by atoms with Gasteiger partial charge in [-0.3, -0.25) is 0 Å². The Balaban J connectivity index is 0.000000980. The molecule has 0 bridgehead atoms. The Morgan fingerprint density at radius 1 is 1.21 bits per heavy atom. The Bertz CT molecular complexity index is 285. The minimum absolute atomic E-state index is 0. The third kappa shape index (κ3) is 2.87. The average molecular weight is 279 g/mol. The van der Waals surface area contributed by atoms with Gasteiger partial charge >= 0.3 is 0 Å². The van der Waals surface area contributed by atoms with Crippen LogP contribution in [0.2, 0.25) is 0 Å². The van der Waals surface area contributed by atoms with Crippen LogP contribution in [-0.2, 0) is 0 Å². The number of ether oxygens (including phenoxy) is 1. The lowest BCUT2D eigenvalue weighted by Gasteiger charge is -2.32. The van der Waals surface area contributed by atoms with Crippen molar-refractivity contribution in [3.63, 3.8) is 0 Å². The molecule has 1 aromatic rings. The molecule has 14 heavy (non-hydrogen) atoms. The van der Waals surface area contributed by atoms with Crippen molar-refractivity contribution in [3.8, 4) is 5.75 Å². The monoisotopic (exact) mass is 277 g/mol. The Morgan fingerprint density at radius 2 is 1.79 bits per heavy atom. The topological polar surface area (TPSA) is 35.2 Å². The van der Waals surface area contributed by atoms with E-state index in [0.717, 1.165) is 23.1 Å². The molecule has 0 radical (unpaired) electrons. The van der Waals surface area contributed by atoms with E-state index >= 15 is 0 Å². The van der Waals surface area contributed by atoms with Gasteiger partial charge in [0.1, 0.15) is 11.9 Å². The first-order valence-corrected chi connectivity index (χ1v) is 5.21. The largest absolute Gasteiger partial charge is 0.490 e. The SMILES string of the molecule is Cl.N[C@H]1C[C@H](Oc2ccc(Br)cc2)C1. The van der Waals surface area contributed by atoms with Gasteiger partial charge in [-0.05, 0) is 37.1 Å². The molecule has 1 fully saturated rings. The predicted octanol–water partition coefficient (Wildman–Crippen LogP) is 2.74. The number of benzene rings is 1. The summed E-state index contributed by atoms with van der Waals surface area (Å²) < 4.78 is 6.75. The highest BCUT2D eigenvalue weighted by molar-refractivity contribution is 9.10. The summed E-state index contributed by atoms with van der Waals surface area (Å²) in [5.74, 6) is 0.931. The molecule has 78 valence electrons. The van der Waals surface area contributed by atoms with Crippen LogP contribution >= 0.6 is 28.3 Å². The molecule has 4 heteroatoms. The minimum Gasteiger partial charge on any atom is -0.490 e. The maximum absolute atomic E-state index is 5.67. The fourth-order valence-electron chi connectivity index (χ4n) is 1.41. The van der Waals surface area contributed by atoms with Crippen LogP contribution in [0.25, 0.3) is 0 Å². The van der Waals surface area contributed by atoms with Gasteiger partial charge in [-0.1, -0.05) is 15.9 Å². The van der Waals surface area contributed by atoms with E-state index in [1.807, 2.05) is 24.3 Å². The molecular formula is C10H13BrClNO. The van der Waals surface area contributed by atoms with Crippen LogP contribution < -0.4 is 10.5 Å². The van der Waals surface area contributed by atoms with Crippen molar-refractivity contribution in [3.05, 3.63) is 28.7 Å². The number of hydrogen-bond acceptors (Lipinski definition) is 2. The van der Waals surface area contributed by atoms with Gasteiger partial charge in [0.05, 0.1) is 0 Å². The summed E-state index contributed by atoms with van der Waals surface area (Å²) in [5.41, 5.74) is 5.66. The molecule has 0 aliphatic heterocycles. The second kappa shape index (κ2) is 5.01. The standard InChI is InChI=1S/C10H12BrNO.ClH/c11-7-1-3-9(4-2-7)13-10-5-8(12)6-10;/h1-4,8,10H,5-6,12H2;1H/t8-,10-;. The van der Waals surface area contributed by atoms with Crippen LogP contribution in [0.3, 0.4) is 0 Å². The van der Waals surface area contributed by atoms with Crippen molar-refractivity contribution in [2.45, 2.75) is 25.0 Å². The van der Waals surface area contributed by atoms with E-state index in [1.54, 1.807) is 0 Å². The smallest absolute Gasteiger partial charge is 0.119 e. The molecule has 0 aromatic heterocycles. The van der Waals surface area contributed by atoms with E-state index < -0.39 is 0 Å². The van der Waals surface area contributed by atoms with E-state index in [-0.39, 0.29) is 12.4 Å². The lowest BCUT2D eigenvalue weighted by molar-refractivity contribution is 0.101. The molecule has 1 aliphatic rings. The number of halogens is 2. The minimum atomic E-state index is 0. The van der Waals surface area contributed by atoms with Crippen molar-refractivity contribution in [2.24, 2.45) is 5.73 Å². The Morgan fingerprint density at radius 3 is 2.29 bits per heavy atom. The van der Waals surface area contributed by atoms with E-state index in [2.05, 4.69) is 15.9 Å². The number of nitrogens with two attached hydrogens (primary N) is 1. The lowest BCUT2D eigenvalue weighted by atomic mass is 9.90. The fraction of sp³-hybridized carbons (Fsp3) is 0.400. The van der Waals surface area contributed by atoms with Crippen molar-refractivity contribution in [2.75, 3.05) is 0 Å². The lowest BCUT2D eigenvalue weighted by Crippen LogP contribution is -2.43. The second-order valence-corrected chi connectivity index (χ2v) is 4.34. The van der Waals surface area contributed by atoms with Crippen LogP contribution in [0.15, 0.2) is 28.7 Å². The first kappa shape index (κ1) is 11.8. The predicted molar refractivity (Wildman–Crippen MR) is 63.0 cm³/mol. The third-order valence-corrected chi connectivity index (χ3v) is 2.78. The number of hydrogen-bond donors (Lipinski definition) is 1. The summed E-state index contributed by atoms with van der Waals surface area (Å²) in [5, 5.41) is 0. The van der Waals surface area contributed by atoms with Crippen LogP contribution in [-0.4, -0.2) is 12.1 Å². The van der Waals surface area contributed by atoms with Crippen molar-refractivity contribution < 1.29 is 4.74 Å². The van der Waals surface area contributed by atoms with E-state index in [4.69, 9.17) is 10.5 Å². The first-order valence-electron chi connectivity index (χ1n) is 4.42. The summed E-state index contributed by atoms with van der Waals surface area (Å²) in [6.45, 7) is 0. The molecule has 0 heterocycles. The summed E-state index contributed by atoms with van der Waals surface area (Å²) in [4.78, 5) is 0. The second-order valence-electron chi connectivity index (χ2n) is 3.43. The Kier molecular flexibility index (Phi) is 4.23. The van der Waals surface area contributed by atoms with Crippen LogP contribution in [0.5, 0.6) is 5.75 Å². The van der Waals surface area contributed by atoms with E-state index in [0.29, 0.717) is 12.1 Å². The van der Waals surface area contributed by atoms with Crippen molar-refractivity contribution >= 4 is 28.3 Å².